The standard InChI is InChI=1S/C23H38N4O/c1-19-8-5-6-14-27(19)17-22-10-4-3-9-21(22)16-26-23(24-2)25-13-7-15-28-18-20-11-12-20/h3-4,9-10,19-20H,5-8,11-18H2,1-2H3,(H2,24,25,26). The van der Waals surface area contributed by atoms with Gasteiger partial charge in [0, 0.05) is 45.9 Å². The summed E-state index contributed by atoms with van der Waals surface area (Å²) in [5.41, 5.74) is 2.78. The van der Waals surface area contributed by atoms with Gasteiger partial charge in [-0.3, -0.25) is 9.89 Å². The number of aliphatic imine (C=N–C) groups is 1. The molecule has 1 unspecified atom stereocenters. The molecule has 3 rings (SSSR count). The minimum atomic E-state index is 0.686. The van der Waals surface area contributed by atoms with E-state index in [4.69, 9.17) is 4.74 Å². The van der Waals surface area contributed by atoms with Crippen LogP contribution in [-0.4, -0.2) is 50.3 Å². The predicted octanol–water partition coefficient (Wildman–Crippen LogP) is 3.54. The number of rotatable bonds is 10. The topological polar surface area (TPSA) is 48.9 Å². The maximum absolute atomic E-state index is 5.69. The average molecular weight is 387 g/mol. The first-order chi connectivity index (χ1) is 13.8. The Kier molecular flexibility index (Phi) is 8.62. The van der Waals surface area contributed by atoms with Crippen LogP contribution in [-0.2, 0) is 17.8 Å². The summed E-state index contributed by atoms with van der Waals surface area (Å²) in [5.74, 6) is 1.71. The van der Waals surface area contributed by atoms with Crippen LogP contribution < -0.4 is 10.6 Å². The molecule has 1 aliphatic carbocycles. The Bertz CT molecular complexity index is 614. The molecule has 0 amide bonds. The van der Waals surface area contributed by atoms with Crippen LogP contribution in [0.1, 0.15) is 56.6 Å². The second kappa shape index (κ2) is 11.4. The zero-order valence-electron chi connectivity index (χ0n) is 17.8. The molecule has 0 bridgehead atoms. The molecule has 1 heterocycles. The smallest absolute Gasteiger partial charge is 0.191 e. The molecule has 5 nitrogen and oxygen atoms in total. The summed E-state index contributed by atoms with van der Waals surface area (Å²) in [4.78, 5) is 6.98. The molecule has 156 valence electrons. The quantitative estimate of drug-likeness (QED) is 0.367. The molecule has 1 saturated carbocycles. The first-order valence-electron chi connectivity index (χ1n) is 11.1. The number of guanidine groups is 1. The van der Waals surface area contributed by atoms with Crippen molar-refractivity contribution in [3.05, 3.63) is 35.4 Å². The number of hydrogen-bond acceptors (Lipinski definition) is 3. The molecule has 1 aromatic rings. The summed E-state index contributed by atoms with van der Waals surface area (Å²) in [6, 6.07) is 9.48. The number of ether oxygens (including phenoxy) is 1. The Balaban J connectivity index is 1.40. The molecular formula is C23H38N4O. The fraction of sp³-hybridized carbons (Fsp3) is 0.696. The van der Waals surface area contributed by atoms with Gasteiger partial charge >= 0.3 is 0 Å². The van der Waals surface area contributed by atoms with Crippen molar-refractivity contribution < 1.29 is 4.74 Å². The SMILES string of the molecule is CN=C(NCCCOCC1CC1)NCc1ccccc1CN1CCCCC1C. The zero-order chi connectivity index (χ0) is 19.6. The van der Waals surface area contributed by atoms with Crippen LogP contribution in [0.3, 0.4) is 0 Å². The lowest BCUT2D eigenvalue weighted by atomic mass is 10.0. The number of nitrogens with one attached hydrogen (secondary N) is 2. The lowest BCUT2D eigenvalue weighted by Gasteiger charge is -2.33. The van der Waals surface area contributed by atoms with E-state index in [0.29, 0.717) is 6.04 Å². The minimum Gasteiger partial charge on any atom is -0.381 e. The van der Waals surface area contributed by atoms with Crippen molar-refractivity contribution in [2.45, 2.75) is 64.6 Å². The molecule has 2 aliphatic rings. The maximum atomic E-state index is 5.69. The molecule has 2 fully saturated rings. The summed E-state index contributed by atoms with van der Waals surface area (Å²) in [5, 5.41) is 6.87. The first-order valence-corrected chi connectivity index (χ1v) is 11.1. The van der Waals surface area contributed by atoms with E-state index in [1.807, 2.05) is 7.05 Å². The maximum Gasteiger partial charge on any atom is 0.191 e. The van der Waals surface area contributed by atoms with Crippen LogP contribution in [0.5, 0.6) is 0 Å². The van der Waals surface area contributed by atoms with Gasteiger partial charge in [-0.05, 0) is 62.6 Å². The molecule has 1 aliphatic heterocycles. The van der Waals surface area contributed by atoms with Gasteiger partial charge in [0.15, 0.2) is 5.96 Å². The molecule has 2 N–H and O–H groups in total. The average Bonchev–Trinajstić information content (AvgIpc) is 3.54. The highest BCUT2D eigenvalue weighted by atomic mass is 16.5. The van der Waals surface area contributed by atoms with Gasteiger partial charge in [-0.15, -0.1) is 0 Å². The van der Waals surface area contributed by atoms with Crippen LogP contribution >= 0.6 is 0 Å². The molecular weight excluding hydrogens is 348 g/mol. The zero-order valence-corrected chi connectivity index (χ0v) is 17.8. The van der Waals surface area contributed by atoms with E-state index in [-0.39, 0.29) is 0 Å². The van der Waals surface area contributed by atoms with E-state index in [9.17, 15) is 0 Å². The van der Waals surface area contributed by atoms with Crippen molar-refractivity contribution in [3.63, 3.8) is 0 Å². The molecule has 0 radical (unpaired) electrons. The van der Waals surface area contributed by atoms with E-state index in [0.717, 1.165) is 51.1 Å². The van der Waals surface area contributed by atoms with Gasteiger partial charge in [-0.1, -0.05) is 30.7 Å². The Labute approximate surface area is 170 Å². The van der Waals surface area contributed by atoms with E-state index in [2.05, 4.69) is 51.7 Å². The monoisotopic (exact) mass is 386 g/mol. The fourth-order valence-corrected chi connectivity index (χ4v) is 3.81. The van der Waals surface area contributed by atoms with Crippen LogP contribution in [0, 0.1) is 5.92 Å². The van der Waals surface area contributed by atoms with Crippen molar-refractivity contribution in [2.24, 2.45) is 10.9 Å². The van der Waals surface area contributed by atoms with Crippen LogP contribution in [0.25, 0.3) is 0 Å². The summed E-state index contributed by atoms with van der Waals surface area (Å²) in [6.45, 7) is 8.09. The fourth-order valence-electron chi connectivity index (χ4n) is 3.81. The first kappa shape index (κ1) is 21.1. The van der Waals surface area contributed by atoms with Crippen molar-refractivity contribution in [2.75, 3.05) is 33.4 Å². The van der Waals surface area contributed by atoms with E-state index >= 15 is 0 Å². The molecule has 0 aromatic heterocycles. The molecule has 1 aromatic carbocycles. The van der Waals surface area contributed by atoms with Gasteiger partial charge in [0.25, 0.3) is 0 Å². The molecule has 1 saturated heterocycles. The van der Waals surface area contributed by atoms with Crippen LogP contribution in [0.15, 0.2) is 29.3 Å². The highest BCUT2D eigenvalue weighted by molar-refractivity contribution is 5.79. The number of piperidine rings is 1. The second-order valence-corrected chi connectivity index (χ2v) is 8.31. The Morgan fingerprint density at radius 3 is 2.71 bits per heavy atom. The van der Waals surface area contributed by atoms with Crippen molar-refractivity contribution in [1.82, 2.24) is 15.5 Å². The van der Waals surface area contributed by atoms with Gasteiger partial charge in [0.1, 0.15) is 0 Å². The lowest BCUT2D eigenvalue weighted by Crippen LogP contribution is -2.39. The molecule has 5 heteroatoms. The third-order valence-corrected chi connectivity index (χ3v) is 5.91. The lowest BCUT2D eigenvalue weighted by molar-refractivity contribution is 0.123. The summed E-state index contributed by atoms with van der Waals surface area (Å²) < 4.78 is 5.69. The van der Waals surface area contributed by atoms with Crippen molar-refractivity contribution in [3.8, 4) is 0 Å². The third kappa shape index (κ3) is 7.10. The summed E-state index contributed by atoms with van der Waals surface area (Å²) in [7, 11) is 1.83. The van der Waals surface area contributed by atoms with Gasteiger partial charge < -0.3 is 15.4 Å². The van der Waals surface area contributed by atoms with Crippen LogP contribution in [0.2, 0.25) is 0 Å². The Hall–Kier alpha value is -1.59. The number of nitrogens with zero attached hydrogens (tertiary/aromatic N) is 2. The number of hydrogen-bond donors (Lipinski definition) is 2. The predicted molar refractivity (Wildman–Crippen MR) is 117 cm³/mol. The van der Waals surface area contributed by atoms with E-state index in [1.165, 1.54) is 49.8 Å². The third-order valence-electron chi connectivity index (χ3n) is 5.91. The molecule has 0 spiro atoms. The largest absolute Gasteiger partial charge is 0.381 e. The number of benzene rings is 1. The van der Waals surface area contributed by atoms with Gasteiger partial charge in [-0.2, -0.15) is 0 Å². The normalized spacial score (nSPS) is 20.9. The highest BCUT2D eigenvalue weighted by Gasteiger charge is 2.21. The Morgan fingerprint density at radius 1 is 1.14 bits per heavy atom. The van der Waals surface area contributed by atoms with Gasteiger partial charge in [0.05, 0.1) is 0 Å². The Morgan fingerprint density at radius 2 is 1.96 bits per heavy atom. The minimum absolute atomic E-state index is 0.686. The summed E-state index contributed by atoms with van der Waals surface area (Å²) in [6.07, 6.45) is 7.73. The van der Waals surface area contributed by atoms with Gasteiger partial charge in [-0.25, -0.2) is 0 Å². The van der Waals surface area contributed by atoms with E-state index in [1.54, 1.807) is 0 Å². The van der Waals surface area contributed by atoms with Crippen molar-refractivity contribution in [1.29, 1.82) is 0 Å². The van der Waals surface area contributed by atoms with Crippen molar-refractivity contribution >= 4 is 5.96 Å². The molecule has 1 atom stereocenters. The van der Waals surface area contributed by atoms with E-state index < -0.39 is 0 Å². The van der Waals surface area contributed by atoms with Crippen LogP contribution in [0.4, 0.5) is 0 Å². The second-order valence-electron chi connectivity index (χ2n) is 8.31. The summed E-state index contributed by atoms with van der Waals surface area (Å²) >= 11 is 0. The van der Waals surface area contributed by atoms with Gasteiger partial charge in [0.2, 0.25) is 0 Å². The number of likely N-dealkylation sites (tertiary alicyclic amines) is 1. The highest BCUT2D eigenvalue weighted by Crippen LogP contribution is 2.28. The molecule has 28 heavy (non-hydrogen) atoms.